The molecule has 0 saturated heterocycles. The molecule has 0 aromatic rings. The van der Waals surface area contributed by atoms with Crippen molar-refractivity contribution in [2.75, 3.05) is 0 Å². The summed E-state index contributed by atoms with van der Waals surface area (Å²) in [7, 11) is 0. The molecular weight excluding hydrogens is 334 g/mol. The first-order valence-electron chi connectivity index (χ1n) is 0. The molecular formula is HfO4Zr. The van der Waals surface area contributed by atoms with Gasteiger partial charge in [-0.3, -0.25) is 0 Å². The first-order valence-corrected chi connectivity index (χ1v) is 0. The van der Waals surface area contributed by atoms with E-state index in [2.05, 4.69) is 0 Å². The minimum atomic E-state index is 0. The summed E-state index contributed by atoms with van der Waals surface area (Å²) >= 11 is 0. The Labute approximate surface area is 73.4 Å². The van der Waals surface area contributed by atoms with Crippen molar-refractivity contribution in [3.05, 3.63) is 0 Å². The molecule has 0 aliphatic rings. The molecule has 0 atom stereocenters. The number of rotatable bonds is 0. The van der Waals surface area contributed by atoms with Crippen LogP contribution in [0, 0.1) is 0 Å². The summed E-state index contributed by atoms with van der Waals surface area (Å²) in [5.74, 6) is 0. The Morgan fingerprint density at radius 2 is 0.500 bits per heavy atom. The van der Waals surface area contributed by atoms with E-state index >= 15 is 0 Å². The summed E-state index contributed by atoms with van der Waals surface area (Å²) in [5.41, 5.74) is 0. The fraction of sp³-hybridized carbons (Fsp3) is 0. The zero-order chi connectivity index (χ0) is 0. The zero-order valence-electron chi connectivity index (χ0n) is 2.63. The van der Waals surface area contributed by atoms with Crippen LogP contribution in [0.4, 0.5) is 0 Å². The Morgan fingerprint density at radius 3 is 0.500 bits per heavy atom. The van der Waals surface area contributed by atoms with Gasteiger partial charge in [-0.25, -0.2) is 0 Å². The molecule has 0 aliphatic heterocycles. The first kappa shape index (κ1) is 130. The van der Waals surface area contributed by atoms with Crippen LogP contribution < -0.4 is 0 Å². The van der Waals surface area contributed by atoms with Gasteiger partial charge in [-0.2, -0.15) is 0 Å². The van der Waals surface area contributed by atoms with E-state index in [0.29, 0.717) is 0 Å². The van der Waals surface area contributed by atoms with Crippen LogP contribution in [0.15, 0.2) is 0 Å². The minimum Gasteiger partial charge on any atom is -2.00 e. The van der Waals surface area contributed by atoms with Gasteiger partial charge in [0, 0.05) is 0 Å². The molecule has 0 heterocycles. The maximum atomic E-state index is 0. The van der Waals surface area contributed by atoms with Crippen molar-refractivity contribution in [3.8, 4) is 0 Å². The largest absolute Gasteiger partial charge is 4.00 e. The van der Waals surface area contributed by atoms with Crippen LogP contribution in [0.1, 0.15) is 0 Å². The summed E-state index contributed by atoms with van der Waals surface area (Å²) < 4.78 is 0. The predicted octanol–water partition coefficient (Wildman–Crippen LogP) is -0.480. The third kappa shape index (κ3) is 46.5. The smallest absolute Gasteiger partial charge is 2.00 e. The summed E-state index contributed by atoms with van der Waals surface area (Å²) in [4.78, 5) is 0. The molecule has 0 aromatic heterocycles. The van der Waals surface area contributed by atoms with E-state index in [0.717, 1.165) is 0 Å². The average molecular weight is 334 g/mol. The van der Waals surface area contributed by atoms with E-state index in [9.17, 15) is 0 Å². The van der Waals surface area contributed by atoms with Crippen molar-refractivity contribution in [1.82, 2.24) is 0 Å². The standard InChI is InChI=1S/Hf.4O.Zr/q+4;4*-2;+4. The summed E-state index contributed by atoms with van der Waals surface area (Å²) in [5, 5.41) is 0. The van der Waals surface area contributed by atoms with Gasteiger partial charge >= 0.3 is 52.0 Å². The maximum absolute atomic E-state index is 0. The molecule has 0 aliphatic carbocycles. The molecule has 32 valence electrons. The van der Waals surface area contributed by atoms with Gasteiger partial charge in [0.25, 0.3) is 0 Å². The molecule has 0 bridgehead atoms. The fourth-order valence-electron chi connectivity index (χ4n) is 0. The average Bonchev–Trinajstić information content (AvgIpc) is 0. The summed E-state index contributed by atoms with van der Waals surface area (Å²) in [6.45, 7) is 0. The van der Waals surface area contributed by atoms with Crippen molar-refractivity contribution in [1.29, 1.82) is 0 Å². The van der Waals surface area contributed by atoms with Crippen LogP contribution in [-0.2, 0) is 74.0 Å². The molecule has 0 radical (unpaired) electrons. The number of hydrogen-bond acceptors (Lipinski definition) is 0. The first-order chi connectivity index (χ1) is 0. The second-order valence-corrected chi connectivity index (χ2v) is 0. The quantitative estimate of drug-likeness (QED) is 0.533. The second-order valence-electron chi connectivity index (χ2n) is 0. The molecule has 0 aromatic carbocycles. The normalized spacial score (nSPS) is 0. The number of hydrogen-bond donors (Lipinski definition) is 0. The van der Waals surface area contributed by atoms with Crippen LogP contribution in [-0.4, -0.2) is 0 Å². The van der Waals surface area contributed by atoms with Gasteiger partial charge in [-0.15, -0.1) is 0 Å². The molecule has 0 N–H and O–H groups in total. The second kappa shape index (κ2) is 81.3. The van der Waals surface area contributed by atoms with E-state index in [4.69, 9.17) is 0 Å². The minimum absolute atomic E-state index is 0. The zero-order valence-corrected chi connectivity index (χ0v) is 8.68. The van der Waals surface area contributed by atoms with Crippen molar-refractivity contribution >= 4 is 0 Å². The Balaban J connectivity index is 0. The predicted molar refractivity (Wildman–Crippen MR) is 2.75 cm³/mol. The van der Waals surface area contributed by atoms with E-state index < -0.39 is 0 Å². The van der Waals surface area contributed by atoms with Gasteiger partial charge < -0.3 is 21.9 Å². The molecule has 0 unspecified atom stereocenters. The van der Waals surface area contributed by atoms with Crippen molar-refractivity contribution in [3.63, 3.8) is 0 Å². The van der Waals surface area contributed by atoms with Crippen molar-refractivity contribution < 1.29 is 74.0 Å². The third-order valence-electron chi connectivity index (χ3n) is 0. The van der Waals surface area contributed by atoms with Crippen LogP contribution in [0.2, 0.25) is 0 Å². The van der Waals surface area contributed by atoms with Crippen molar-refractivity contribution in [2.45, 2.75) is 0 Å². The Bertz CT molecular complexity index is 7.51. The molecule has 6 heteroatoms. The van der Waals surface area contributed by atoms with Crippen LogP contribution in [0.5, 0.6) is 0 Å². The molecule has 0 amide bonds. The summed E-state index contributed by atoms with van der Waals surface area (Å²) in [6, 6.07) is 0. The van der Waals surface area contributed by atoms with Gasteiger partial charge in [0.05, 0.1) is 0 Å². The van der Waals surface area contributed by atoms with Gasteiger partial charge in [0.1, 0.15) is 0 Å². The molecule has 0 rings (SSSR count). The van der Waals surface area contributed by atoms with E-state index in [1.165, 1.54) is 0 Å². The van der Waals surface area contributed by atoms with Gasteiger partial charge in [-0.1, -0.05) is 0 Å². The molecule has 4 nitrogen and oxygen atoms in total. The molecule has 6 heavy (non-hydrogen) atoms. The third-order valence-corrected chi connectivity index (χ3v) is 0. The van der Waals surface area contributed by atoms with Crippen LogP contribution in [0.25, 0.3) is 0 Å². The molecule has 0 fully saturated rings. The van der Waals surface area contributed by atoms with Crippen LogP contribution in [0.3, 0.4) is 0 Å². The van der Waals surface area contributed by atoms with Crippen molar-refractivity contribution in [2.24, 2.45) is 0 Å². The fourth-order valence-corrected chi connectivity index (χ4v) is 0. The van der Waals surface area contributed by atoms with Gasteiger partial charge in [0.15, 0.2) is 0 Å². The van der Waals surface area contributed by atoms with Crippen LogP contribution >= 0.6 is 0 Å². The summed E-state index contributed by atoms with van der Waals surface area (Å²) in [6.07, 6.45) is 0. The molecule has 0 saturated carbocycles. The van der Waals surface area contributed by atoms with E-state index in [1.807, 2.05) is 0 Å². The maximum Gasteiger partial charge on any atom is 4.00 e. The monoisotopic (exact) mass is 334 g/mol. The van der Waals surface area contributed by atoms with Gasteiger partial charge in [-0.05, 0) is 0 Å². The Morgan fingerprint density at radius 1 is 0.500 bits per heavy atom. The van der Waals surface area contributed by atoms with E-state index in [-0.39, 0.29) is 74.0 Å². The SMILES string of the molecule is [Hf+4].[O-2].[O-2].[O-2].[O-2].[Zr+4]. The molecule has 0 spiro atoms. The Kier molecular flexibility index (Phi) is 1760. The Hall–Kier alpha value is 1.59. The topological polar surface area (TPSA) is 114 Å². The van der Waals surface area contributed by atoms with Gasteiger partial charge in [0.2, 0.25) is 0 Å². The van der Waals surface area contributed by atoms with E-state index in [1.54, 1.807) is 0 Å².